The third-order valence-electron chi connectivity index (χ3n) is 4.69. The Bertz CT molecular complexity index is 793. The Hall–Kier alpha value is -1.92. The zero-order valence-corrected chi connectivity index (χ0v) is 14.2. The summed E-state index contributed by atoms with van der Waals surface area (Å²) >= 11 is 6.01. The van der Waals surface area contributed by atoms with E-state index in [0.29, 0.717) is 30.5 Å². The predicted molar refractivity (Wildman–Crippen MR) is 92.1 cm³/mol. The first-order valence-corrected chi connectivity index (χ1v) is 8.54. The highest BCUT2D eigenvalue weighted by Crippen LogP contribution is 2.42. The van der Waals surface area contributed by atoms with Crippen LogP contribution in [-0.2, 0) is 9.53 Å². The standard InChI is InChI=1S/C17H19ClN4O2/c1-11(16(23)22-6-7-24-17(9-22)4-5-17)21-15-13-3-2-12(18)8-14(13)19-10-20-15/h2-3,8,10-11H,4-7,9H2,1H3,(H,19,20,21)/t11-/m1/s1. The lowest BCUT2D eigenvalue weighted by Crippen LogP contribution is -2.51. The molecule has 1 N–H and O–H groups in total. The lowest BCUT2D eigenvalue weighted by atomic mass is 10.2. The highest BCUT2D eigenvalue weighted by molar-refractivity contribution is 6.31. The van der Waals surface area contributed by atoms with Crippen molar-refractivity contribution in [3.8, 4) is 0 Å². The third kappa shape index (κ3) is 2.91. The summed E-state index contributed by atoms with van der Waals surface area (Å²) in [7, 11) is 0. The van der Waals surface area contributed by atoms with Crippen molar-refractivity contribution in [3.05, 3.63) is 29.5 Å². The zero-order chi connectivity index (χ0) is 16.7. The molecule has 4 rings (SSSR count). The number of benzene rings is 1. The first-order chi connectivity index (χ1) is 11.6. The summed E-state index contributed by atoms with van der Waals surface area (Å²) in [5.74, 6) is 0.720. The van der Waals surface area contributed by atoms with Gasteiger partial charge in [0.1, 0.15) is 18.2 Å². The summed E-state index contributed by atoms with van der Waals surface area (Å²) in [5, 5.41) is 4.70. The minimum atomic E-state index is -0.368. The molecule has 1 amide bonds. The number of hydrogen-bond acceptors (Lipinski definition) is 5. The van der Waals surface area contributed by atoms with Crippen LogP contribution in [0.4, 0.5) is 5.82 Å². The van der Waals surface area contributed by atoms with Gasteiger partial charge >= 0.3 is 0 Å². The normalized spacial score (nSPS) is 20.2. The molecule has 1 aromatic carbocycles. The summed E-state index contributed by atoms with van der Waals surface area (Å²) in [4.78, 5) is 23.2. The maximum Gasteiger partial charge on any atom is 0.244 e. The Morgan fingerprint density at radius 1 is 1.42 bits per heavy atom. The number of fused-ring (bicyclic) bond motifs is 1. The van der Waals surface area contributed by atoms with Crippen LogP contribution in [0.3, 0.4) is 0 Å². The number of amides is 1. The highest BCUT2D eigenvalue weighted by atomic mass is 35.5. The number of hydrogen-bond donors (Lipinski definition) is 1. The van der Waals surface area contributed by atoms with Gasteiger partial charge in [-0.3, -0.25) is 4.79 Å². The van der Waals surface area contributed by atoms with Crippen LogP contribution in [0.2, 0.25) is 5.02 Å². The van der Waals surface area contributed by atoms with Crippen LogP contribution in [-0.4, -0.2) is 52.1 Å². The van der Waals surface area contributed by atoms with Crippen molar-refractivity contribution >= 4 is 34.2 Å². The highest BCUT2D eigenvalue weighted by Gasteiger charge is 2.48. The molecule has 1 saturated heterocycles. The summed E-state index contributed by atoms with van der Waals surface area (Å²) in [6, 6.07) is 5.08. The average molecular weight is 347 g/mol. The minimum Gasteiger partial charge on any atom is -0.371 e. The van der Waals surface area contributed by atoms with Crippen molar-refractivity contribution in [1.29, 1.82) is 0 Å². The van der Waals surface area contributed by atoms with E-state index in [4.69, 9.17) is 16.3 Å². The smallest absolute Gasteiger partial charge is 0.244 e. The van der Waals surface area contributed by atoms with Gasteiger partial charge in [-0.15, -0.1) is 0 Å². The fraction of sp³-hybridized carbons (Fsp3) is 0.471. The van der Waals surface area contributed by atoms with Crippen LogP contribution < -0.4 is 5.32 Å². The molecular weight excluding hydrogens is 328 g/mol. The molecule has 24 heavy (non-hydrogen) atoms. The van der Waals surface area contributed by atoms with Crippen LogP contribution in [0.1, 0.15) is 19.8 Å². The summed E-state index contributed by atoms with van der Waals surface area (Å²) in [5.41, 5.74) is 0.689. The molecule has 2 heterocycles. The SMILES string of the molecule is C[C@@H](Nc1ncnc2cc(Cl)ccc12)C(=O)N1CCOC2(CC2)C1. The largest absolute Gasteiger partial charge is 0.371 e. The quantitative estimate of drug-likeness (QED) is 0.924. The minimum absolute atomic E-state index is 0.0635. The molecule has 2 aromatic rings. The molecule has 2 fully saturated rings. The van der Waals surface area contributed by atoms with Crippen LogP contribution in [0.25, 0.3) is 10.9 Å². The van der Waals surface area contributed by atoms with Gasteiger partial charge in [-0.2, -0.15) is 0 Å². The van der Waals surface area contributed by atoms with Crippen LogP contribution >= 0.6 is 11.6 Å². The van der Waals surface area contributed by atoms with Crippen molar-refractivity contribution in [3.63, 3.8) is 0 Å². The van der Waals surface area contributed by atoms with E-state index >= 15 is 0 Å². The second kappa shape index (κ2) is 5.86. The molecule has 126 valence electrons. The molecular formula is C17H19ClN4O2. The van der Waals surface area contributed by atoms with Gasteiger partial charge in [0.05, 0.1) is 17.7 Å². The van der Waals surface area contributed by atoms with Crippen molar-refractivity contribution in [2.45, 2.75) is 31.4 Å². The van der Waals surface area contributed by atoms with E-state index in [-0.39, 0.29) is 17.6 Å². The number of nitrogens with zero attached hydrogens (tertiary/aromatic N) is 3. The van der Waals surface area contributed by atoms with E-state index in [0.717, 1.165) is 23.7 Å². The molecule has 1 aliphatic carbocycles. The van der Waals surface area contributed by atoms with Gasteiger partial charge < -0.3 is 15.0 Å². The predicted octanol–water partition coefficient (Wildman–Crippen LogP) is 2.48. The van der Waals surface area contributed by atoms with Crippen molar-refractivity contribution < 1.29 is 9.53 Å². The topological polar surface area (TPSA) is 67.4 Å². The van der Waals surface area contributed by atoms with E-state index in [2.05, 4.69) is 15.3 Å². The molecule has 1 aliphatic heterocycles. The monoisotopic (exact) mass is 346 g/mol. The van der Waals surface area contributed by atoms with Gasteiger partial charge in [0.2, 0.25) is 5.91 Å². The molecule has 1 atom stereocenters. The number of morpholine rings is 1. The second-order valence-electron chi connectivity index (χ2n) is 6.54. The van der Waals surface area contributed by atoms with E-state index in [1.807, 2.05) is 17.9 Å². The fourth-order valence-corrected chi connectivity index (χ4v) is 3.33. The summed E-state index contributed by atoms with van der Waals surface area (Å²) < 4.78 is 5.78. The number of nitrogens with one attached hydrogen (secondary N) is 1. The number of carbonyl (C=O) groups excluding carboxylic acids is 1. The second-order valence-corrected chi connectivity index (χ2v) is 6.98. The number of aromatic nitrogens is 2. The lowest BCUT2D eigenvalue weighted by molar-refractivity contribution is -0.140. The molecule has 0 unspecified atom stereocenters. The van der Waals surface area contributed by atoms with Gasteiger partial charge in [-0.25, -0.2) is 9.97 Å². The van der Waals surface area contributed by atoms with E-state index in [9.17, 15) is 4.79 Å². The Kier molecular flexibility index (Phi) is 3.81. The number of carbonyl (C=O) groups is 1. The van der Waals surface area contributed by atoms with Crippen molar-refractivity contribution in [2.75, 3.05) is 25.0 Å². The van der Waals surface area contributed by atoms with Gasteiger partial charge in [-0.1, -0.05) is 11.6 Å². The molecule has 1 saturated carbocycles. The van der Waals surface area contributed by atoms with E-state index in [1.165, 1.54) is 6.33 Å². The molecule has 6 nitrogen and oxygen atoms in total. The Labute approximate surface area is 145 Å². The van der Waals surface area contributed by atoms with Crippen LogP contribution in [0, 0.1) is 0 Å². The number of anilines is 1. The molecule has 1 spiro atoms. The van der Waals surface area contributed by atoms with Gasteiger partial charge in [-0.05, 0) is 38.0 Å². The van der Waals surface area contributed by atoms with Gasteiger partial charge in [0, 0.05) is 23.5 Å². The fourth-order valence-electron chi connectivity index (χ4n) is 3.16. The third-order valence-corrected chi connectivity index (χ3v) is 4.93. The summed E-state index contributed by atoms with van der Waals surface area (Å²) in [6.45, 7) is 3.82. The molecule has 0 bridgehead atoms. The zero-order valence-electron chi connectivity index (χ0n) is 13.5. The van der Waals surface area contributed by atoms with Crippen LogP contribution in [0.5, 0.6) is 0 Å². The Morgan fingerprint density at radius 2 is 2.25 bits per heavy atom. The van der Waals surface area contributed by atoms with Gasteiger partial charge in [0.25, 0.3) is 0 Å². The number of halogens is 1. The number of rotatable bonds is 3. The maximum atomic E-state index is 12.8. The number of ether oxygens (including phenoxy) is 1. The molecule has 7 heteroatoms. The Morgan fingerprint density at radius 3 is 3.04 bits per heavy atom. The van der Waals surface area contributed by atoms with Gasteiger partial charge in [0.15, 0.2) is 0 Å². The lowest BCUT2D eigenvalue weighted by Gasteiger charge is -2.35. The first kappa shape index (κ1) is 15.6. The summed E-state index contributed by atoms with van der Waals surface area (Å²) in [6.07, 6.45) is 3.58. The van der Waals surface area contributed by atoms with Crippen molar-refractivity contribution in [2.24, 2.45) is 0 Å². The van der Waals surface area contributed by atoms with E-state index < -0.39 is 0 Å². The van der Waals surface area contributed by atoms with Crippen LogP contribution in [0.15, 0.2) is 24.5 Å². The molecule has 1 aromatic heterocycles. The Balaban J connectivity index is 1.51. The van der Waals surface area contributed by atoms with E-state index in [1.54, 1.807) is 12.1 Å². The molecule has 0 radical (unpaired) electrons. The average Bonchev–Trinajstić information content (AvgIpc) is 3.32. The van der Waals surface area contributed by atoms with Crippen molar-refractivity contribution in [1.82, 2.24) is 14.9 Å². The first-order valence-electron chi connectivity index (χ1n) is 8.16. The maximum absolute atomic E-state index is 12.8. The molecule has 2 aliphatic rings.